The second kappa shape index (κ2) is 8.71. The standard InChI is InChI=1S/C16H29N5O2S/c1-11(2)10-21-15(20-6-8-23-9-7-20)18-19-16(21)24-13(5)14(22)17-12(3)4/h11-13H,6-10H2,1-5H3,(H,17,22)/t13-/m0/s1. The zero-order valence-electron chi connectivity index (χ0n) is 15.3. The number of morpholine rings is 1. The number of nitrogens with one attached hydrogen (secondary N) is 1. The number of carbonyl (C=O) groups excluding carboxylic acids is 1. The fourth-order valence-corrected chi connectivity index (χ4v) is 3.37. The summed E-state index contributed by atoms with van der Waals surface area (Å²) < 4.78 is 7.56. The van der Waals surface area contributed by atoms with Gasteiger partial charge in [0.1, 0.15) is 0 Å². The largest absolute Gasteiger partial charge is 0.378 e. The van der Waals surface area contributed by atoms with Gasteiger partial charge in [-0.05, 0) is 26.7 Å². The maximum atomic E-state index is 12.2. The predicted molar refractivity (Wildman–Crippen MR) is 96.5 cm³/mol. The first-order chi connectivity index (χ1) is 11.4. The van der Waals surface area contributed by atoms with E-state index in [9.17, 15) is 4.79 Å². The lowest BCUT2D eigenvalue weighted by Crippen LogP contribution is -2.38. The van der Waals surface area contributed by atoms with Crippen molar-refractivity contribution in [3.63, 3.8) is 0 Å². The smallest absolute Gasteiger partial charge is 0.233 e. The average molecular weight is 356 g/mol. The van der Waals surface area contributed by atoms with Crippen LogP contribution in [-0.4, -0.2) is 58.3 Å². The van der Waals surface area contributed by atoms with Gasteiger partial charge < -0.3 is 15.0 Å². The molecule has 136 valence electrons. The second-order valence-electron chi connectivity index (χ2n) is 6.81. The molecule has 1 aromatic heterocycles. The van der Waals surface area contributed by atoms with Crippen molar-refractivity contribution in [3.8, 4) is 0 Å². The minimum atomic E-state index is -0.208. The van der Waals surface area contributed by atoms with Gasteiger partial charge in [0, 0.05) is 25.7 Å². The van der Waals surface area contributed by atoms with E-state index in [-0.39, 0.29) is 17.2 Å². The Bertz CT molecular complexity index is 541. The number of hydrogen-bond acceptors (Lipinski definition) is 6. The average Bonchev–Trinajstić information content (AvgIpc) is 2.89. The molecule has 0 aromatic carbocycles. The number of rotatable bonds is 7. The van der Waals surface area contributed by atoms with Gasteiger partial charge >= 0.3 is 0 Å². The fourth-order valence-electron chi connectivity index (χ4n) is 2.50. The van der Waals surface area contributed by atoms with E-state index in [1.807, 2.05) is 20.8 Å². The summed E-state index contributed by atoms with van der Waals surface area (Å²) in [6.07, 6.45) is 0. The van der Waals surface area contributed by atoms with E-state index in [1.165, 1.54) is 11.8 Å². The highest BCUT2D eigenvalue weighted by Gasteiger charge is 2.24. The summed E-state index contributed by atoms with van der Waals surface area (Å²) in [5.74, 6) is 1.38. The van der Waals surface area contributed by atoms with Gasteiger partial charge in [0.05, 0.1) is 18.5 Å². The van der Waals surface area contributed by atoms with Crippen LogP contribution in [0.1, 0.15) is 34.6 Å². The SMILES string of the molecule is CC(C)Cn1c(S[C@@H](C)C(=O)NC(C)C)nnc1N1CCOCC1. The summed E-state index contributed by atoms with van der Waals surface area (Å²) in [5.41, 5.74) is 0. The van der Waals surface area contributed by atoms with E-state index in [1.54, 1.807) is 0 Å². The van der Waals surface area contributed by atoms with Crippen LogP contribution >= 0.6 is 11.8 Å². The quantitative estimate of drug-likeness (QED) is 0.752. The first-order valence-corrected chi connectivity index (χ1v) is 9.49. The Hall–Kier alpha value is -1.28. The third-order valence-corrected chi connectivity index (χ3v) is 4.70. The van der Waals surface area contributed by atoms with Gasteiger partial charge in [-0.25, -0.2) is 0 Å². The van der Waals surface area contributed by atoms with Crippen LogP contribution in [0, 0.1) is 5.92 Å². The third kappa shape index (κ3) is 5.11. The van der Waals surface area contributed by atoms with Crippen LogP contribution in [-0.2, 0) is 16.1 Å². The Morgan fingerprint density at radius 1 is 1.21 bits per heavy atom. The van der Waals surface area contributed by atoms with Gasteiger partial charge in [0.25, 0.3) is 0 Å². The van der Waals surface area contributed by atoms with Gasteiger partial charge in [-0.3, -0.25) is 9.36 Å². The molecule has 0 saturated carbocycles. The molecule has 1 N–H and O–H groups in total. The van der Waals surface area contributed by atoms with Gasteiger partial charge in [0.2, 0.25) is 11.9 Å². The maximum absolute atomic E-state index is 12.2. The molecule has 24 heavy (non-hydrogen) atoms. The molecule has 0 unspecified atom stereocenters. The molecule has 8 heteroatoms. The number of ether oxygens (including phenoxy) is 1. The van der Waals surface area contributed by atoms with Crippen molar-refractivity contribution in [3.05, 3.63) is 0 Å². The highest BCUT2D eigenvalue weighted by Crippen LogP contribution is 2.27. The van der Waals surface area contributed by atoms with Crippen LogP contribution in [0.15, 0.2) is 5.16 Å². The summed E-state index contributed by atoms with van der Waals surface area (Å²) in [6.45, 7) is 14.1. The lowest BCUT2D eigenvalue weighted by atomic mass is 10.2. The molecule has 1 fully saturated rings. The first-order valence-electron chi connectivity index (χ1n) is 8.61. The minimum absolute atomic E-state index is 0.0296. The van der Waals surface area contributed by atoms with Gasteiger partial charge in [-0.1, -0.05) is 25.6 Å². The van der Waals surface area contributed by atoms with Crippen LogP contribution < -0.4 is 10.2 Å². The summed E-state index contributed by atoms with van der Waals surface area (Å²) in [6, 6.07) is 0.137. The molecule has 1 aliphatic heterocycles. The maximum Gasteiger partial charge on any atom is 0.233 e. The van der Waals surface area contributed by atoms with Gasteiger partial charge in [-0.15, -0.1) is 10.2 Å². The summed E-state index contributed by atoms with van der Waals surface area (Å²) in [4.78, 5) is 14.4. The van der Waals surface area contributed by atoms with Crippen LogP contribution in [0.25, 0.3) is 0 Å². The molecule has 2 rings (SSSR count). The molecule has 1 aromatic rings. The van der Waals surface area contributed by atoms with E-state index in [2.05, 4.69) is 38.8 Å². The monoisotopic (exact) mass is 355 g/mol. The number of aromatic nitrogens is 3. The van der Waals surface area contributed by atoms with Crippen LogP contribution in [0.2, 0.25) is 0 Å². The lowest BCUT2D eigenvalue weighted by molar-refractivity contribution is -0.120. The number of amides is 1. The molecule has 1 atom stereocenters. The van der Waals surface area contributed by atoms with E-state index in [4.69, 9.17) is 4.74 Å². The highest BCUT2D eigenvalue weighted by molar-refractivity contribution is 8.00. The minimum Gasteiger partial charge on any atom is -0.378 e. The van der Waals surface area contributed by atoms with Crippen molar-refractivity contribution in [2.24, 2.45) is 5.92 Å². The van der Waals surface area contributed by atoms with Crippen molar-refractivity contribution in [2.75, 3.05) is 31.2 Å². The Balaban J connectivity index is 2.16. The van der Waals surface area contributed by atoms with Crippen molar-refractivity contribution in [1.82, 2.24) is 20.1 Å². The molecular weight excluding hydrogens is 326 g/mol. The summed E-state index contributed by atoms with van der Waals surface area (Å²) >= 11 is 1.47. The highest BCUT2D eigenvalue weighted by atomic mass is 32.2. The molecule has 0 radical (unpaired) electrons. The normalized spacial score (nSPS) is 16.7. The zero-order valence-corrected chi connectivity index (χ0v) is 16.1. The second-order valence-corrected chi connectivity index (χ2v) is 8.12. The Morgan fingerprint density at radius 3 is 2.46 bits per heavy atom. The lowest BCUT2D eigenvalue weighted by Gasteiger charge is -2.28. The van der Waals surface area contributed by atoms with Crippen molar-refractivity contribution in [1.29, 1.82) is 0 Å². The molecular formula is C16H29N5O2S. The number of thioether (sulfide) groups is 1. The van der Waals surface area contributed by atoms with Crippen molar-refractivity contribution >= 4 is 23.6 Å². The molecule has 0 aliphatic carbocycles. The number of anilines is 1. The zero-order chi connectivity index (χ0) is 17.7. The molecule has 0 bridgehead atoms. The van der Waals surface area contributed by atoms with Crippen molar-refractivity contribution < 1.29 is 9.53 Å². The van der Waals surface area contributed by atoms with E-state index in [0.29, 0.717) is 19.1 Å². The molecule has 2 heterocycles. The summed E-state index contributed by atoms with van der Waals surface area (Å²) in [7, 11) is 0. The topological polar surface area (TPSA) is 72.3 Å². The number of carbonyl (C=O) groups is 1. The molecule has 7 nitrogen and oxygen atoms in total. The molecule has 0 spiro atoms. The van der Waals surface area contributed by atoms with E-state index < -0.39 is 0 Å². The molecule has 1 aliphatic rings. The Kier molecular flexibility index (Phi) is 6.91. The Labute approximate surface area is 148 Å². The third-order valence-electron chi connectivity index (χ3n) is 3.62. The Morgan fingerprint density at radius 2 is 1.88 bits per heavy atom. The number of nitrogens with zero attached hydrogens (tertiary/aromatic N) is 4. The first kappa shape index (κ1) is 19.1. The molecule has 1 amide bonds. The van der Waals surface area contributed by atoms with Crippen LogP contribution in [0.4, 0.5) is 5.95 Å². The fraction of sp³-hybridized carbons (Fsp3) is 0.812. The predicted octanol–water partition coefficient (Wildman–Crippen LogP) is 1.78. The summed E-state index contributed by atoms with van der Waals surface area (Å²) in [5, 5.41) is 12.3. The van der Waals surface area contributed by atoms with Crippen molar-refractivity contribution in [2.45, 2.75) is 57.6 Å². The van der Waals surface area contributed by atoms with Crippen LogP contribution in [0.5, 0.6) is 0 Å². The van der Waals surface area contributed by atoms with Gasteiger partial charge in [0.15, 0.2) is 5.16 Å². The number of hydrogen-bond donors (Lipinski definition) is 1. The molecule has 1 saturated heterocycles. The van der Waals surface area contributed by atoms with Gasteiger partial charge in [-0.2, -0.15) is 0 Å². The van der Waals surface area contributed by atoms with Crippen LogP contribution in [0.3, 0.4) is 0 Å². The van der Waals surface area contributed by atoms with E-state index in [0.717, 1.165) is 30.7 Å². The van der Waals surface area contributed by atoms with E-state index >= 15 is 0 Å².